The summed E-state index contributed by atoms with van der Waals surface area (Å²) in [5.41, 5.74) is 0. The van der Waals surface area contributed by atoms with Crippen molar-refractivity contribution in [2.75, 3.05) is 6.61 Å². The van der Waals surface area contributed by atoms with E-state index in [1.165, 1.54) is 89.9 Å². The molecule has 0 aliphatic heterocycles. The SMILES string of the molecule is CCCCCCCCCCCCCCOC(O)(CC)N(O)C(=O)CCCCCCCCC. The third-order valence-electron chi connectivity index (χ3n) is 6.35. The number of hydrogen-bond acceptors (Lipinski definition) is 4. The number of aliphatic hydroxyl groups is 1. The van der Waals surface area contributed by atoms with Crippen LogP contribution in [-0.2, 0) is 9.53 Å². The lowest BCUT2D eigenvalue weighted by molar-refractivity contribution is -0.361. The van der Waals surface area contributed by atoms with Gasteiger partial charge in [0.15, 0.2) is 0 Å². The molecule has 32 heavy (non-hydrogen) atoms. The first kappa shape index (κ1) is 31.4. The smallest absolute Gasteiger partial charge is 0.274 e. The highest BCUT2D eigenvalue weighted by atomic mass is 16.7. The van der Waals surface area contributed by atoms with Gasteiger partial charge in [0, 0.05) is 12.8 Å². The van der Waals surface area contributed by atoms with Crippen LogP contribution < -0.4 is 0 Å². The molecule has 1 amide bonds. The van der Waals surface area contributed by atoms with Gasteiger partial charge in [0.1, 0.15) is 0 Å². The van der Waals surface area contributed by atoms with Crippen molar-refractivity contribution in [3.63, 3.8) is 0 Å². The molecular formula is C27H55NO4. The maximum Gasteiger partial charge on any atom is 0.274 e. The first-order valence-corrected chi connectivity index (χ1v) is 13.9. The second kappa shape index (κ2) is 22.2. The molecule has 5 heteroatoms. The number of hydrogen-bond donors (Lipinski definition) is 2. The Kier molecular flexibility index (Phi) is 21.7. The molecule has 0 bridgehead atoms. The molecule has 0 aromatic heterocycles. The molecule has 0 saturated carbocycles. The fraction of sp³-hybridized carbons (Fsp3) is 0.963. The zero-order valence-corrected chi connectivity index (χ0v) is 21.7. The molecular weight excluding hydrogens is 402 g/mol. The minimum atomic E-state index is -1.91. The van der Waals surface area contributed by atoms with E-state index in [1.807, 2.05) is 0 Å². The third-order valence-corrected chi connectivity index (χ3v) is 6.35. The van der Waals surface area contributed by atoms with E-state index >= 15 is 0 Å². The quantitative estimate of drug-likeness (QED) is 0.0664. The fourth-order valence-electron chi connectivity index (χ4n) is 4.03. The zero-order valence-electron chi connectivity index (χ0n) is 21.7. The highest BCUT2D eigenvalue weighted by Crippen LogP contribution is 2.20. The van der Waals surface area contributed by atoms with Gasteiger partial charge in [0.2, 0.25) is 0 Å². The van der Waals surface area contributed by atoms with Crippen LogP contribution in [0.1, 0.15) is 156 Å². The van der Waals surface area contributed by atoms with Crippen molar-refractivity contribution < 1.29 is 19.8 Å². The van der Waals surface area contributed by atoms with Gasteiger partial charge in [-0.05, 0) is 12.8 Å². The number of carbonyl (C=O) groups is 1. The van der Waals surface area contributed by atoms with Crippen LogP contribution in [0.5, 0.6) is 0 Å². The summed E-state index contributed by atoms with van der Waals surface area (Å²) in [6.07, 6.45) is 23.3. The molecule has 0 spiro atoms. The van der Waals surface area contributed by atoms with Crippen molar-refractivity contribution in [3.05, 3.63) is 0 Å². The van der Waals surface area contributed by atoms with Gasteiger partial charge in [-0.25, -0.2) is 0 Å². The Labute approximate surface area is 199 Å². The number of amides is 1. The Bertz CT molecular complexity index is 418. The number of hydroxylamine groups is 2. The van der Waals surface area contributed by atoms with Crippen LogP contribution in [0.2, 0.25) is 0 Å². The topological polar surface area (TPSA) is 70.0 Å². The normalized spacial score (nSPS) is 13.3. The molecule has 0 fully saturated rings. The summed E-state index contributed by atoms with van der Waals surface area (Å²) in [5.74, 6) is -2.37. The lowest BCUT2D eigenvalue weighted by Crippen LogP contribution is -2.51. The highest BCUT2D eigenvalue weighted by molar-refractivity contribution is 5.75. The van der Waals surface area contributed by atoms with Crippen molar-refractivity contribution in [2.45, 2.75) is 162 Å². The Morgan fingerprint density at radius 2 is 1.03 bits per heavy atom. The molecule has 192 valence electrons. The van der Waals surface area contributed by atoms with Crippen molar-refractivity contribution in [1.29, 1.82) is 0 Å². The lowest BCUT2D eigenvalue weighted by atomic mass is 10.1. The molecule has 0 rings (SSSR count). The number of ether oxygens (including phenoxy) is 1. The van der Waals surface area contributed by atoms with E-state index in [2.05, 4.69) is 13.8 Å². The Balaban J connectivity index is 3.78. The zero-order chi connectivity index (χ0) is 23.9. The predicted octanol–water partition coefficient (Wildman–Crippen LogP) is 8.12. The van der Waals surface area contributed by atoms with Crippen LogP contribution in [0.25, 0.3) is 0 Å². The number of unbranched alkanes of at least 4 members (excludes halogenated alkanes) is 17. The molecule has 5 nitrogen and oxygen atoms in total. The Morgan fingerprint density at radius 3 is 1.44 bits per heavy atom. The van der Waals surface area contributed by atoms with Gasteiger partial charge in [-0.3, -0.25) is 10.0 Å². The second-order valence-corrected chi connectivity index (χ2v) is 9.41. The molecule has 0 aliphatic carbocycles. The maximum absolute atomic E-state index is 12.3. The summed E-state index contributed by atoms with van der Waals surface area (Å²) in [6, 6.07) is 0. The third kappa shape index (κ3) is 16.9. The summed E-state index contributed by atoms with van der Waals surface area (Å²) >= 11 is 0. The highest BCUT2D eigenvalue weighted by Gasteiger charge is 2.36. The molecule has 2 N–H and O–H groups in total. The standard InChI is InChI=1S/C27H55NO4/c1-4-7-9-11-13-14-15-16-17-19-21-23-25-32-27(30,6-3)28(31)26(29)24-22-20-18-12-10-8-5-2/h30-31H,4-25H2,1-3H3. The predicted molar refractivity (Wildman–Crippen MR) is 134 cm³/mol. The van der Waals surface area contributed by atoms with Gasteiger partial charge in [-0.1, -0.05) is 130 Å². The second-order valence-electron chi connectivity index (χ2n) is 9.41. The lowest BCUT2D eigenvalue weighted by Gasteiger charge is -2.33. The average Bonchev–Trinajstić information content (AvgIpc) is 2.80. The molecule has 0 radical (unpaired) electrons. The van der Waals surface area contributed by atoms with E-state index < -0.39 is 11.8 Å². The van der Waals surface area contributed by atoms with Crippen LogP contribution in [0.15, 0.2) is 0 Å². The van der Waals surface area contributed by atoms with Gasteiger partial charge in [-0.2, -0.15) is 5.06 Å². The molecule has 0 aromatic rings. The van der Waals surface area contributed by atoms with Gasteiger partial charge in [-0.15, -0.1) is 0 Å². The van der Waals surface area contributed by atoms with Crippen molar-refractivity contribution in [3.8, 4) is 0 Å². The van der Waals surface area contributed by atoms with Gasteiger partial charge in [0.25, 0.3) is 11.8 Å². The molecule has 0 aliphatic rings. The number of carbonyl (C=O) groups excluding carboxylic acids is 1. The van der Waals surface area contributed by atoms with Crippen molar-refractivity contribution in [1.82, 2.24) is 5.06 Å². The van der Waals surface area contributed by atoms with E-state index in [1.54, 1.807) is 6.92 Å². The maximum atomic E-state index is 12.3. The summed E-state index contributed by atoms with van der Waals surface area (Å²) in [6.45, 7) is 6.52. The Hall–Kier alpha value is -0.650. The van der Waals surface area contributed by atoms with Gasteiger partial charge >= 0.3 is 0 Å². The van der Waals surface area contributed by atoms with Gasteiger partial charge in [0.05, 0.1) is 6.61 Å². The van der Waals surface area contributed by atoms with E-state index in [0.717, 1.165) is 32.1 Å². The molecule has 0 saturated heterocycles. The van der Waals surface area contributed by atoms with Crippen molar-refractivity contribution >= 4 is 5.91 Å². The van der Waals surface area contributed by atoms with Crippen molar-refractivity contribution in [2.24, 2.45) is 0 Å². The van der Waals surface area contributed by atoms with Crippen LogP contribution in [-0.4, -0.2) is 33.8 Å². The van der Waals surface area contributed by atoms with Crippen LogP contribution in [0.3, 0.4) is 0 Å². The largest absolute Gasteiger partial charge is 0.347 e. The first-order valence-electron chi connectivity index (χ1n) is 13.9. The van der Waals surface area contributed by atoms with E-state index in [9.17, 15) is 15.1 Å². The molecule has 0 heterocycles. The monoisotopic (exact) mass is 457 g/mol. The first-order chi connectivity index (χ1) is 15.5. The minimum absolute atomic E-state index is 0.143. The number of rotatable bonds is 24. The molecule has 1 atom stereocenters. The summed E-state index contributed by atoms with van der Waals surface area (Å²) in [4.78, 5) is 12.3. The molecule has 1 unspecified atom stereocenters. The Morgan fingerprint density at radius 1 is 0.656 bits per heavy atom. The summed E-state index contributed by atoms with van der Waals surface area (Å²) < 4.78 is 5.54. The number of nitrogens with zero attached hydrogens (tertiary/aromatic N) is 1. The summed E-state index contributed by atoms with van der Waals surface area (Å²) in [5, 5.41) is 21.2. The fourth-order valence-corrected chi connectivity index (χ4v) is 4.03. The average molecular weight is 458 g/mol. The van der Waals surface area contributed by atoms with Gasteiger partial charge < -0.3 is 9.84 Å². The molecule has 0 aromatic carbocycles. The van der Waals surface area contributed by atoms with E-state index in [-0.39, 0.29) is 12.8 Å². The van der Waals surface area contributed by atoms with E-state index in [4.69, 9.17) is 4.74 Å². The minimum Gasteiger partial charge on any atom is -0.347 e. The van der Waals surface area contributed by atoms with Crippen LogP contribution in [0.4, 0.5) is 0 Å². The summed E-state index contributed by atoms with van der Waals surface area (Å²) in [7, 11) is 0. The van der Waals surface area contributed by atoms with E-state index in [0.29, 0.717) is 11.7 Å². The van der Waals surface area contributed by atoms with Crippen LogP contribution in [0, 0.1) is 0 Å². The van der Waals surface area contributed by atoms with Crippen LogP contribution >= 0.6 is 0 Å².